The van der Waals surface area contributed by atoms with Crippen molar-refractivity contribution >= 4 is 137 Å². The number of nitrogens with zero attached hydrogens (tertiary/aromatic N) is 16. The van der Waals surface area contributed by atoms with E-state index in [0.717, 1.165) is 53.8 Å². The van der Waals surface area contributed by atoms with E-state index in [2.05, 4.69) is 40.8 Å². The van der Waals surface area contributed by atoms with Crippen LogP contribution in [0.2, 0.25) is 35.2 Å². The number of nitrogens with two attached hydrogens (primary N) is 1. The number of hydrogen-bond acceptors (Lipinski definition) is 14. The lowest BCUT2D eigenvalue weighted by atomic mass is 9.81. The molecule has 4 atom stereocenters. The first-order chi connectivity index (χ1) is 70.9. The first kappa shape index (κ1) is 104. The van der Waals surface area contributed by atoms with Crippen LogP contribution in [0, 0.1) is 18.3 Å². The van der Waals surface area contributed by atoms with E-state index in [1.807, 2.05) is 37.4 Å². The molecule has 1 fully saturated rings. The van der Waals surface area contributed by atoms with Gasteiger partial charge in [0.2, 0.25) is 5.67 Å². The Hall–Kier alpha value is -14.9. The molecule has 0 saturated heterocycles. The highest BCUT2D eigenvalue weighted by molar-refractivity contribution is 6.33. The summed E-state index contributed by atoms with van der Waals surface area (Å²) in [4.78, 5) is 83.5. The summed E-state index contributed by atoms with van der Waals surface area (Å²) in [6, 6.07) is 64.0. The third-order valence-corrected chi connectivity index (χ3v) is 28.0. The monoisotopic (exact) mass is 2170 g/mol. The van der Waals surface area contributed by atoms with E-state index in [1.54, 1.807) is 229 Å². The molecule has 0 bridgehead atoms. The average molecular weight is 2180 g/mol. The summed E-state index contributed by atoms with van der Waals surface area (Å²) in [6.45, 7) is 0.621. The number of fused-ring (bicyclic) bond motifs is 4. The highest BCUT2D eigenvalue weighted by atomic mass is 35.5. The summed E-state index contributed by atoms with van der Waals surface area (Å²) in [5, 5.41) is 16.2. The summed E-state index contributed by atoms with van der Waals surface area (Å²) in [5.74, 6) is 3.15. The maximum atomic E-state index is 17.3. The van der Waals surface area contributed by atoms with Crippen LogP contribution in [0.1, 0.15) is 85.7 Å². The van der Waals surface area contributed by atoms with Crippen molar-refractivity contribution in [3.05, 3.63) is 467 Å². The summed E-state index contributed by atoms with van der Waals surface area (Å²) in [6.07, 6.45) is 10.3. The quantitative estimate of drug-likeness (QED) is 0.0460. The van der Waals surface area contributed by atoms with Gasteiger partial charge in [0.05, 0.1) is 72.9 Å². The Bertz CT molecular complexity index is 8320. The number of benzene rings is 8. The Morgan fingerprint density at radius 2 is 0.678 bits per heavy atom. The van der Waals surface area contributed by atoms with Gasteiger partial charge in [-0.3, -0.25) is 23.7 Å². The number of terminal acetylenes is 1. The minimum Gasteiger partial charge on any atom is -0.374 e. The van der Waals surface area contributed by atoms with Crippen LogP contribution in [0.25, 0.3) is 88.6 Å². The normalized spacial score (nSPS) is 13.9. The van der Waals surface area contributed by atoms with Crippen molar-refractivity contribution < 1.29 is 49.0 Å². The van der Waals surface area contributed by atoms with Gasteiger partial charge in [-0.25, -0.2) is 58.0 Å². The van der Waals surface area contributed by atoms with E-state index < -0.39 is 74.2 Å². The minimum absolute atomic E-state index is 0.0675. The standard InChI is InChI=1S/C31H25ClN4O2.C26H16Cl3F3N4O.C26H16Cl2F4N4O.C26H18Cl2F3N5O/c1-3-20-5-4-6-22(13-20)26-15-29(37)36(18-21-7-8-21)30-27(26)14-24(16-34-30)31(38,28-17-33-19-35(28)2)23-9-11-25(32)12-10-23;2*1-35-14-33-13-22(35)25(29,16-5-7-18(27)8-6-16)17-10-21-20(15-3-2-4-19(28)9-15)11-23(37)36(26(30,31)32)24(21)34-12-17;1-35-14-33-13-22(35)25(32,16-5-7-18(27)8-6-16)17-10-21-20(15-3-2-4-19(28)9-15)11-23(37)36(26(29,30)31)24(21)34-12-17/h1,4-6,9-17,19,21,38H,7-8,18H2,2H3;2*2-14H,1H3;2-14H,32H2,1H3/t31-;3*25-/m1111/s1. The van der Waals surface area contributed by atoms with Gasteiger partial charge in [0, 0.05) is 168 Å². The highest BCUT2D eigenvalue weighted by Gasteiger charge is 2.46. The number of pyridine rings is 8. The van der Waals surface area contributed by atoms with Crippen LogP contribution in [-0.2, 0) is 75.3 Å². The Kier molecular flexibility index (Phi) is 28.6. The highest BCUT2D eigenvalue weighted by Crippen LogP contribution is 2.49. The summed E-state index contributed by atoms with van der Waals surface area (Å²) in [5.41, 5.74) is 5.70. The number of alkyl halides is 11. The molecule has 0 aliphatic heterocycles. The third-order valence-electron chi connectivity index (χ3n) is 25.6. The van der Waals surface area contributed by atoms with Gasteiger partial charge >= 0.3 is 18.9 Å². The number of aliphatic hydroxyl groups is 1. The Morgan fingerprint density at radius 3 is 1.08 bits per heavy atom. The maximum absolute atomic E-state index is 17.3. The fourth-order valence-corrected chi connectivity index (χ4v) is 19.7. The zero-order valence-electron chi connectivity index (χ0n) is 77.9. The van der Waals surface area contributed by atoms with Crippen LogP contribution < -0.4 is 28.0 Å². The Labute approximate surface area is 879 Å². The molecule has 0 amide bonds. The second-order valence-electron chi connectivity index (χ2n) is 35.1. The first-order valence-corrected chi connectivity index (χ1v) is 48.0. The predicted octanol–water partition coefficient (Wildman–Crippen LogP) is 24.9. The van der Waals surface area contributed by atoms with E-state index >= 15 is 4.39 Å². The smallest absolute Gasteiger partial charge is 0.374 e. The van der Waals surface area contributed by atoms with Crippen molar-refractivity contribution in [3.8, 4) is 56.9 Å². The zero-order chi connectivity index (χ0) is 106. The molecule has 3 N–H and O–H groups in total. The number of hydrogen-bond donors (Lipinski definition) is 2. The number of rotatable bonds is 18. The van der Waals surface area contributed by atoms with Crippen LogP contribution in [0.3, 0.4) is 0 Å². The molecule has 1 aliphatic rings. The molecule has 21 rings (SSSR count). The molecule has 0 spiro atoms. The van der Waals surface area contributed by atoms with E-state index in [1.165, 1.54) is 78.0 Å². The fraction of sp³-hybridized carbons (Fsp3) is 0.138. The molecule has 8 aromatic carbocycles. The molecule has 22 nitrogen and oxygen atoms in total. The van der Waals surface area contributed by atoms with Gasteiger partial charge in [-0.2, -0.15) is 0 Å². The van der Waals surface area contributed by atoms with Gasteiger partial charge in [0.1, 0.15) is 16.1 Å². The predicted molar refractivity (Wildman–Crippen MR) is 557 cm³/mol. The van der Waals surface area contributed by atoms with E-state index in [4.69, 9.17) is 110 Å². The van der Waals surface area contributed by atoms with Crippen LogP contribution in [0.5, 0.6) is 0 Å². The summed E-state index contributed by atoms with van der Waals surface area (Å²) < 4.78 is 150. The molecule has 0 unspecified atom stereocenters. The van der Waals surface area contributed by atoms with Crippen LogP contribution in [-0.4, -0.2) is 81.5 Å². The summed E-state index contributed by atoms with van der Waals surface area (Å²) >= 11 is 50.1. The van der Waals surface area contributed by atoms with E-state index in [-0.39, 0.29) is 68.9 Å². The van der Waals surface area contributed by atoms with Gasteiger partial charge in [-0.1, -0.05) is 184 Å². The maximum Gasteiger partial charge on any atom is 0.493 e. The van der Waals surface area contributed by atoms with E-state index in [9.17, 15) is 63.8 Å². The van der Waals surface area contributed by atoms with Gasteiger partial charge < -0.3 is 29.1 Å². The third kappa shape index (κ3) is 20.3. The first-order valence-electron chi connectivity index (χ1n) is 45.0. The van der Waals surface area contributed by atoms with Crippen molar-refractivity contribution in [2.75, 3.05) is 0 Å². The average Bonchev–Trinajstić information content (AvgIpc) is 1.69. The van der Waals surface area contributed by atoms with Crippen LogP contribution >= 0.6 is 92.8 Å². The van der Waals surface area contributed by atoms with Crippen molar-refractivity contribution in [2.45, 2.75) is 60.0 Å². The Balaban J connectivity index is 0.000000130. The topological polar surface area (TPSA) is 257 Å². The van der Waals surface area contributed by atoms with Crippen molar-refractivity contribution in [3.63, 3.8) is 0 Å². The largest absolute Gasteiger partial charge is 0.493 e. The molecule has 1 aliphatic carbocycles. The van der Waals surface area contributed by atoms with Gasteiger partial charge in [0.15, 0.2) is 22.5 Å². The van der Waals surface area contributed by atoms with E-state index in [0.29, 0.717) is 126 Å². The minimum atomic E-state index is -5.05. The molecule has 0 radical (unpaired) electrons. The van der Waals surface area contributed by atoms with Crippen molar-refractivity contribution in [2.24, 2.45) is 39.8 Å². The van der Waals surface area contributed by atoms with Crippen LogP contribution in [0.15, 0.2) is 337 Å². The zero-order valence-corrected chi connectivity index (χ0v) is 84.0. The molecule has 752 valence electrons. The lowest BCUT2D eigenvalue weighted by Gasteiger charge is -2.31. The number of aryl methyl sites for hydroxylation is 4. The van der Waals surface area contributed by atoms with Gasteiger partial charge in [-0.15, -0.1) is 57.5 Å². The molecule has 20 aromatic rings. The molecular weight excluding hydrogens is 2100 g/mol. The summed E-state index contributed by atoms with van der Waals surface area (Å²) in [7, 11) is 6.94. The lowest BCUT2D eigenvalue weighted by molar-refractivity contribution is -0.204. The fourth-order valence-electron chi connectivity index (χ4n) is 18.3. The molecular formula is C109H75Cl8F10N17O5. The lowest BCUT2D eigenvalue weighted by Crippen LogP contribution is -2.41. The SMILES string of the molecule is C#Cc1cccc(-c2cc(=O)n(CC3CC3)c3ncc([C@](O)(c4ccc(Cl)cc4)c4cncn4C)cc23)c1.Cn1cncc1[C@@](Cl)(c1ccc(Cl)cc1)c1cnc2c(c1)c(-c1cccc(Cl)c1)cc(=O)n2C(F)(F)F.Cn1cncc1[C@@](F)(c1ccc(Cl)cc1)c1cnc2c(c1)c(-c1cccc(Cl)c1)cc(=O)n2C(F)(F)F.Cn1cncc1[C@@](N)(c1ccc(Cl)cc1)c1cnc2c(c1)c(-c1cccc(Cl)c1)cc(=O)n2C(F)(F)F. The van der Waals surface area contributed by atoms with Gasteiger partial charge in [0.25, 0.3) is 22.2 Å². The number of imidazole rings is 4. The van der Waals surface area contributed by atoms with Crippen molar-refractivity contribution in [1.29, 1.82) is 0 Å². The second-order valence-corrected chi connectivity index (χ2v) is 38.7. The Morgan fingerprint density at radius 1 is 0.349 bits per heavy atom. The molecule has 149 heavy (non-hydrogen) atoms. The number of aromatic nitrogens is 16. The molecule has 12 aromatic heterocycles. The molecule has 40 heteroatoms. The second kappa shape index (κ2) is 41.0. The number of halogens is 18. The van der Waals surface area contributed by atoms with Crippen molar-refractivity contribution in [1.82, 2.24) is 76.4 Å². The molecule has 12 heterocycles. The van der Waals surface area contributed by atoms with Gasteiger partial charge in [-0.05, 0) is 207 Å². The molecule has 1 saturated carbocycles. The van der Waals surface area contributed by atoms with Crippen LogP contribution in [0.4, 0.5) is 43.9 Å².